The van der Waals surface area contributed by atoms with Gasteiger partial charge in [-0.25, -0.2) is 0 Å². The fourth-order valence-electron chi connectivity index (χ4n) is 9.75. The number of aromatic nitrogens is 3. The molecule has 0 spiro atoms. The highest BCUT2D eigenvalue weighted by Gasteiger charge is 2.23. The quantitative estimate of drug-likeness (QED) is 0.143. The van der Waals surface area contributed by atoms with Crippen molar-refractivity contribution in [1.29, 1.82) is 0 Å². The summed E-state index contributed by atoms with van der Waals surface area (Å²) < 4.78 is 2.37. The summed E-state index contributed by atoms with van der Waals surface area (Å²) in [4.78, 5) is 12.1. The van der Waals surface area contributed by atoms with E-state index >= 15 is 0 Å². The summed E-state index contributed by atoms with van der Waals surface area (Å²) in [6.07, 6.45) is 3.75. The Labute approximate surface area is 371 Å². The molecule has 3 heterocycles. The summed E-state index contributed by atoms with van der Waals surface area (Å²) in [6, 6.07) is 82.6. The molecule has 0 aliphatic heterocycles. The van der Waals surface area contributed by atoms with Crippen molar-refractivity contribution >= 4 is 60.4 Å². The summed E-state index contributed by atoms with van der Waals surface area (Å²) in [5.41, 5.74) is 15.4. The zero-order valence-corrected chi connectivity index (χ0v) is 34.9. The van der Waals surface area contributed by atoms with Gasteiger partial charge in [0.1, 0.15) is 0 Å². The predicted octanol–water partition coefficient (Wildman–Crippen LogP) is 16.0. The SMILES string of the molecule is c1ccc(N(c2ccc(-n3c4ccccc4c4ccccc43)cc2)c2ccc3c(-c4ccccc4-c4ccccn4)c4ccccc4c(-c4ccccc4-c4ccccn4)c3c2)cc1. The maximum Gasteiger partial charge on any atom is 0.0708 e. The number of para-hydroxylation sites is 3. The Morgan fingerprint density at radius 3 is 1.27 bits per heavy atom. The van der Waals surface area contributed by atoms with Gasteiger partial charge in [0.05, 0.1) is 22.4 Å². The van der Waals surface area contributed by atoms with Crippen LogP contribution in [0.15, 0.2) is 243 Å². The van der Waals surface area contributed by atoms with Crippen LogP contribution in [-0.2, 0) is 0 Å². The van der Waals surface area contributed by atoms with Gasteiger partial charge in [-0.2, -0.15) is 0 Å². The zero-order valence-electron chi connectivity index (χ0n) is 34.9. The Kier molecular flexibility index (Phi) is 9.12. The van der Waals surface area contributed by atoms with Crippen LogP contribution in [0.4, 0.5) is 17.1 Å². The second kappa shape index (κ2) is 15.7. The molecule has 0 amide bonds. The van der Waals surface area contributed by atoms with Gasteiger partial charge in [-0.15, -0.1) is 0 Å². The van der Waals surface area contributed by atoms with Crippen LogP contribution in [0.3, 0.4) is 0 Å². The van der Waals surface area contributed by atoms with Gasteiger partial charge in [0, 0.05) is 57.0 Å². The zero-order chi connectivity index (χ0) is 42.4. The van der Waals surface area contributed by atoms with Crippen molar-refractivity contribution in [3.63, 3.8) is 0 Å². The van der Waals surface area contributed by atoms with Crippen LogP contribution in [-0.4, -0.2) is 14.5 Å². The molecule has 0 bridgehead atoms. The number of hydrogen-bond donors (Lipinski definition) is 0. The van der Waals surface area contributed by atoms with E-state index in [1.807, 2.05) is 24.5 Å². The topological polar surface area (TPSA) is 34.0 Å². The minimum Gasteiger partial charge on any atom is -0.310 e. The van der Waals surface area contributed by atoms with E-state index in [0.29, 0.717) is 0 Å². The van der Waals surface area contributed by atoms with Gasteiger partial charge in [0.15, 0.2) is 0 Å². The fourth-order valence-corrected chi connectivity index (χ4v) is 9.75. The molecule has 0 N–H and O–H groups in total. The first-order valence-corrected chi connectivity index (χ1v) is 21.7. The molecule has 64 heavy (non-hydrogen) atoms. The fraction of sp³-hybridized carbons (Fsp3) is 0. The van der Waals surface area contributed by atoms with Gasteiger partial charge in [0.2, 0.25) is 0 Å². The van der Waals surface area contributed by atoms with Crippen molar-refractivity contribution in [1.82, 2.24) is 14.5 Å². The molecule has 0 aliphatic carbocycles. The number of rotatable bonds is 8. The van der Waals surface area contributed by atoms with Crippen LogP contribution in [0.5, 0.6) is 0 Å². The summed E-state index contributed by atoms with van der Waals surface area (Å²) in [5, 5.41) is 7.15. The number of pyridine rings is 2. The molecular weight excluding hydrogens is 777 g/mol. The van der Waals surface area contributed by atoms with E-state index < -0.39 is 0 Å². The van der Waals surface area contributed by atoms with Gasteiger partial charge in [-0.1, -0.05) is 146 Å². The molecule has 12 rings (SSSR count). The van der Waals surface area contributed by atoms with E-state index in [9.17, 15) is 0 Å². The molecule has 9 aromatic carbocycles. The standard InChI is InChI=1S/C60H40N4/c1-2-18-41(19-3-1)63(42-32-34-43(35-33-42)64-57-30-12-10-22-47(57)48-23-11-13-31-58(48)64)44-36-37-53-54(40-44)60(50-25-7-5-21-46(50)56-29-15-17-39-62-56)52-27-9-8-26-51(52)59(53)49-24-6-4-20-45(49)55-28-14-16-38-61-55/h1-40H. The number of nitrogens with zero attached hydrogens (tertiary/aromatic N) is 4. The van der Waals surface area contributed by atoms with Gasteiger partial charge in [0.25, 0.3) is 0 Å². The average Bonchev–Trinajstić information content (AvgIpc) is 3.71. The van der Waals surface area contributed by atoms with E-state index in [1.54, 1.807) is 0 Å². The molecule has 0 aliphatic rings. The van der Waals surface area contributed by atoms with Crippen molar-refractivity contribution in [3.8, 4) is 50.5 Å². The molecule has 0 saturated heterocycles. The third kappa shape index (κ3) is 6.23. The molecule has 300 valence electrons. The summed E-state index contributed by atoms with van der Waals surface area (Å²) in [5.74, 6) is 0. The number of fused-ring (bicyclic) bond motifs is 5. The van der Waals surface area contributed by atoms with Crippen molar-refractivity contribution in [2.75, 3.05) is 4.90 Å². The largest absolute Gasteiger partial charge is 0.310 e. The molecule has 0 unspecified atom stereocenters. The molecule has 0 saturated carbocycles. The molecule has 4 heteroatoms. The van der Waals surface area contributed by atoms with Gasteiger partial charge in [-0.05, 0) is 129 Å². The van der Waals surface area contributed by atoms with Gasteiger partial charge >= 0.3 is 0 Å². The van der Waals surface area contributed by atoms with Crippen molar-refractivity contribution in [2.45, 2.75) is 0 Å². The lowest BCUT2D eigenvalue weighted by Gasteiger charge is -2.27. The van der Waals surface area contributed by atoms with Crippen LogP contribution in [0.1, 0.15) is 0 Å². The van der Waals surface area contributed by atoms with Gasteiger partial charge in [-0.3, -0.25) is 9.97 Å². The number of benzene rings is 9. The minimum absolute atomic E-state index is 0.935. The smallest absolute Gasteiger partial charge is 0.0708 e. The third-order valence-corrected chi connectivity index (χ3v) is 12.5. The van der Waals surface area contributed by atoms with E-state index in [2.05, 4.69) is 228 Å². The predicted molar refractivity (Wildman–Crippen MR) is 268 cm³/mol. The molecule has 12 aromatic rings. The highest BCUT2D eigenvalue weighted by Crippen LogP contribution is 2.49. The van der Waals surface area contributed by atoms with Crippen molar-refractivity contribution in [3.05, 3.63) is 243 Å². The lowest BCUT2D eigenvalue weighted by atomic mass is 9.83. The summed E-state index contributed by atoms with van der Waals surface area (Å²) in [6.45, 7) is 0. The van der Waals surface area contributed by atoms with Crippen LogP contribution in [0.2, 0.25) is 0 Å². The van der Waals surface area contributed by atoms with E-state index in [-0.39, 0.29) is 0 Å². The molecule has 0 radical (unpaired) electrons. The lowest BCUT2D eigenvalue weighted by Crippen LogP contribution is -2.10. The molecule has 0 atom stereocenters. The van der Waals surface area contributed by atoms with Crippen LogP contribution >= 0.6 is 0 Å². The van der Waals surface area contributed by atoms with Gasteiger partial charge < -0.3 is 9.47 Å². The third-order valence-electron chi connectivity index (χ3n) is 12.5. The van der Waals surface area contributed by atoms with E-state index in [4.69, 9.17) is 9.97 Å². The first-order valence-electron chi connectivity index (χ1n) is 21.7. The average molecular weight is 817 g/mol. The maximum atomic E-state index is 4.87. The highest BCUT2D eigenvalue weighted by atomic mass is 15.1. The molecule has 4 nitrogen and oxygen atoms in total. The Morgan fingerprint density at radius 2 is 0.719 bits per heavy atom. The minimum atomic E-state index is 0.935. The number of anilines is 3. The van der Waals surface area contributed by atoms with E-state index in [0.717, 1.165) is 67.2 Å². The maximum absolute atomic E-state index is 4.87. The van der Waals surface area contributed by atoms with E-state index in [1.165, 1.54) is 43.7 Å². The normalized spacial score (nSPS) is 11.4. The second-order valence-corrected chi connectivity index (χ2v) is 16.1. The number of hydrogen-bond acceptors (Lipinski definition) is 3. The Bertz CT molecular complexity index is 3600. The molecular formula is C60H40N4. The highest BCUT2D eigenvalue weighted by molar-refractivity contribution is 6.24. The van der Waals surface area contributed by atoms with Crippen molar-refractivity contribution < 1.29 is 0 Å². The van der Waals surface area contributed by atoms with Crippen LogP contribution in [0.25, 0.3) is 93.8 Å². The Balaban J connectivity index is 1.12. The second-order valence-electron chi connectivity index (χ2n) is 16.1. The van der Waals surface area contributed by atoms with Crippen molar-refractivity contribution in [2.24, 2.45) is 0 Å². The molecule has 3 aromatic heterocycles. The Morgan fingerprint density at radius 1 is 0.297 bits per heavy atom. The Hall–Kier alpha value is -8.60. The first-order chi connectivity index (χ1) is 31.8. The monoisotopic (exact) mass is 816 g/mol. The van der Waals surface area contributed by atoms with Crippen LogP contribution < -0.4 is 4.90 Å². The summed E-state index contributed by atoms with van der Waals surface area (Å²) in [7, 11) is 0. The van der Waals surface area contributed by atoms with Crippen LogP contribution in [0, 0.1) is 0 Å². The summed E-state index contributed by atoms with van der Waals surface area (Å²) >= 11 is 0. The lowest BCUT2D eigenvalue weighted by molar-refractivity contribution is 1.17. The first kappa shape index (κ1) is 37.2. The molecule has 0 fully saturated rings.